The zero-order valence-corrected chi connectivity index (χ0v) is 4.11. The van der Waals surface area contributed by atoms with Crippen molar-refractivity contribution in [2.24, 2.45) is 0 Å². The van der Waals surface area contributed by atoms with Crippen molar-refractivity contribution in [3.05, 3.63) is 19.6 Å². The van der Waals surface area contributed by atoms with Crippen molar-refractivity contribution >= 4 is 23.1 Å². The van der Waals surface area contributed by atoms with Crippen LogP contribution in [0.25, 0.3) is 0 Å². The molecule has 0 atom stereocenters. The second-order valence-electron chi connectivity index (χ2n) is 0.289. The Hall–Kier alpha value is 0.506. The van der Waals surface area contributed by atoms with E-state index in [2.05, 4.69) is 13.5 Å². The van der Waals surface area contributed by atoms with Crippen LogP contribution in [-0.2, 0) is 0 Å². The maximum atomic E-state index is 3.25. The van der Waals surface area contributed by atoms with Gasteiger partial charge in [0.15, 0.2) is 0 Å². The quantitative estimate of drug-likeness (QED) is 0.369. The van der Waals surface area contributed by atoms with Crippen LogP contribution in [0.15, 0.2) is 12.7 Å². The average molecular weight is 67.4 g/mol. The Labute approximate surface area is 44.5 Å². The SMILES string of the molecule is [CH2]C=C.[HH].[Mg]. The van der Waals surface area contributed by atoms with Crippen molar-refractivity contribution in [1.29, 1.82) is 0 Å². The van der Waals surface area contributed by atoms with Crippen molar-refractivity contribution in [3.63, 3.8) is 0 Å². The Morgan fingerprint density at radius 2 is 1.75 bits per heavy atom. The molecule has 0 fully saturated rings. The molecule has 3 radical (unpaired) electrons. The van der Waals surface area contributed by atoms with E-state index >= 15 is 0 Å². The lowest BCUT2D eigenvalue weighted by atomic mass is 10.8. The van der Waals surface area contributed by atoms with Gasteiger partial charge >= 0.3 is 0 Å². The van der Waals surface area contributed by atoms with Crippen LogP contribution in [0, 0.1) is 6.92 Å². The van der Waals surface area contributed by atoms with E-state index < -0.39 is 0 Å². The maximum absolute atomic E-state index is 3.25. The average Bonchev–Trinajstić information content (AvgIpc) is 0.918. The number of hydrogen-bond donors (Lipinski definition) is 0. The van der Waals surface area contributed by atoms with Crippen molar-refractivity contribution in [1.82, 2.24) is 0 Å². The lowest BCUT2D eigenvalue weighted by Gasteiger charge is -1.30. The predicted molar refractivity (Wildman–Crippen MR) is 23.4 cm³/mol. The highest BCUT2D eigenvalue weighted by atomic mass is 24.3. The van der Waals surface area contributed by atoms with E-state index in [1.54, 1.807) is 0 Å². The Balaban J connectivity index is -0.0000000200. The second kappa shape index (κ2) is 9.71. The van der Waals surface area contributed by atoms with Crippen LogP contribution in [0.5, 0.6) is 0 Å². The first-order valence-corrected chi connectivity index (χ1v) is 0.816. The van der Waals surface area contributed by atoms with Gasteiger partial charge in [-0.2, -0.15) is 0 Å². The van der Waals surface area contributed by atoms with Gasteiger partial charge in [-0.05, 0) is 6.92 Å². The molecule has 0 nitrogen and oxygen atoms in total. The Bertz CT molecular complexity index is 14.4. The molecule has 0 bridgehead atoms. The summed E-state index contributed by atoms with van der Waals surface area (Å²) in [7, 11) is 0. The molecule has 0 aromatic carbocycles. The van der Waals surface area contributed by atoms with E-state index in [1.807, 2.05) is 0 Å². The maximum Gasteiger partial charge on any atom is 0 e. The van der Waals surface area contributed by atoms with Crippen LogP contribution in [0.4, 0.5) is 0 Å². The summed E-state index contributed by atoms with van der Waals surface area (Å²) in [6.07, 6.45) is 1.50. The molecule has 4 heavy (non-hydrogen) atoms. The van der Waals surface area contributed by atoms with E-state index in [9.17, 15) is 0 Å². The van der Waals surface area contributed by atoms with Gasteiger partial charge in [0.05, 0.1) is 0 Å². The van der Waals surface area contributed by atoms with Crippen molar-refractivity contribution in [3.8, 4) is 0 Å². The molecule has 21 valence electrons. The summed E-state index contributed by atoms with van der Waals surface area (Å²) in [4.78, 5) is 0. The molecule has 0 amide bonds. The molecule has 0 unspecified atom stereocenters. The molecule has 0 aliphatic carbocycles. The number of allylic oxidation sites excluding steroid dienone is 1. The van der Waals surface area contributed by atoms with E-state index in [0.717, 1.165) is 0 Å². The van der Waals surface area contributed by atoms with Gasteiger partial charge in [0.1, 0.15) is 0 Å². The zero-order chi connectivity index (χ0) is 2.71. The van der Waals surface area contributed by atoms with Crippen LogP contribution in [0.3, 0.4) is 0 Å². The minimum Gasteiger partial charge on any atom is -0.103 e. The lowest BCUT2D eigenvalue weighted by Crippen LogP contribution is -1.09. The normalized spacial score (nSPS) is 3.25. The first-order chi connectivity index (χ1) is 1.41. The minimum atomic E-state index is 0. The van der Waals surface area contributed by atoms with E-state index in [4.69, 9.17) is 0 Å². The first kappa shape index (κ1) is 8.82. The smallest absolute Gasteiger partial charge is 0 e. The third-order valence-corrected chi connectivity index (χ3v) is 0. The Morgan fingerprint density at radius 3 is 1.75 bits per heavy atom. The molecule has 0 N–H and O–H groups in total. The molecule has 0 aromatic heterocycles. The van der Waals surface area contributed by atoms with Crippen LogP contribution in [0.1, 0.15) is 1.43 Å². The van der Waals surface area contributed by atoms with Crippen LogP contribution in [0.2, 0.25) is 0 Å². The third kappa shape index (κ3) is 22.2. The van der Waals surface area contributed by atoms with Crippen molar-refractivity contribution < 1.29 is 1.43 Å². The Kier molecular flexibility index (Phi) is 21.4. The zero-order valence-electron chi connectivity index (χ0n) is 2.70. The van der Waals surface area contributed by atoms with Gasteiger partial charge in [-0.25, -0.2) is 0 Å². The van der Waals surface area contributed by atoms with Gasteiger partial charge in [0, 0.05) is 24.5 Å². The van der Waals surface area contributed by atoms with E-state index in [-0.39, 0.29) is 24.5 Å². The van der Waals surface area contributed by atoms with Crippen LogP contribution < -0.4 is 0 Å². The van der Waals surface area contributed by atoms with Gasteiger partial charge < -0.3 is 0 Å². The largest absolute Gasteiger partial charge is 0.103 e. The summed E-state index contributed by atoms with van der Waals surface area (Å²) in [6.45, 7) is 6.50. The lowest BCUT2D eigenvalue weighted by molar-refractivity contribution is 2.19. The first-order valence-electron chi connectivity index (χ1n) is 0.816. The molecule has 0 aliphatic rings. The number of rotatable bonds is 0. The third-order valence-electron chi connectivity index (χ3n) is 0. The van der Waals surface area contributed by atoms with Gasteiger partial charge in [0.25, 0.3) is 0 Å². The van der Waals surface area contributed by atoms with Gasteiger partial charge in [0.2, 0.25) is 0 Å². The molecule has 0 saturated heterocycles. The molecular formula is C3H7Mg. The summed E-state index contributed by atoms with van der Waals surface area (Å²) in [6, 6.07) is 0. The molecule has 0 spiro atoms. The van der Waals surface area contributed by atoms with Crippen molar-refractivity contribution in [2.45, 2.75) is 0 Å². The highest BCUT2D eigenvalue weighted by molar-refractivity contribution is 5.75. The van der Waals surface area contributed by atoms with Gasteiger partial charge in [-0.1, -0.05) is 6.08 Å². The molecule has 0 rings (SSSR count). The summed E-state index contributed by atoms with van der Waals surface area (Å²) < 4.78 is 0. The van der Waals surface area contributed by atoms with E-state index in [0.29, 0.717) is 0 Å². The summed E-state index contributed by atoms with van der Waals surface area (Å²) >= 11 is 0. The Morgan fingerprint density at radius 1 is 1.75 bits per heavy atom. The van der Waals surface area contributed by atoms with E-state index in [1.165, 1.54) is 6.08 Å². The van der Waals surface area contributed by atoms with Crippen LogP contribution >= 0.6 is 0 Å². The topological polar surface area (TPSA) is 0 Å². The molecule has 0 saturated carbocycles. The molecular weight excluding hydrogens is 60.3 g/mol. The molecule has 0 heterocycles. The molecule has 0 aromatic rings. The fourth-order valence-corrected chi connectivity index (χ4v) is 0. The molecule has 1 heteroatoms. The fraction of sp³-hybridized carbons (Fsp3) is 0. The van der Waals surface area contributed by atoms with Crippen molar-refractivity contribution in [2.75, 3.05) is 0 Å². The highest BCUT2D eigenvalue weighted by Crippen LogP contribution is 1.36. The second-order valence-corrected chi connectivity index (χ2v) is 0.289. The molecule has 0 aliphatic heterocycles. The number of hydrogen-bond acceptors (Lipinski definition) is 0. The minimum absolute atomic E-state index is 0. The fourth-order valence-electron chi connectivity index (χ4n) is 0. The summed E-state index contributed by atoms with van der Waals surface area (Å²) in [5.74, 6) is 0. The van der Waals surface area contributed by atoms with Gasteiger partial charge in [-0.3, -0.25) is 0 Å². The highest BCUT2D eigenvalue weighted by Gasteiger charge is 1.15. The summed E-state index contributed by atoms with van der Waals surface area (Å²) in [5.41, 5.74) is 0. The van der Waals surface area contributed by atoms with Gasteiger partial charge in [-0.15, -0.1) is 6.58 Å². The standard InChI is InChI=1S/C3H5.Mg.H2/c1-3-2;;/h3H,1-2H2;;1H. The summed E-state index contributed by atoms with van der Waals surface area (Å²) in [5, 5.41) is 0. The van der Waals surface area contributed by atoms with Crippen LogP contribution in [-0.4, -0.2) is 23.1 Å². The monoisotopic (exact) mass is 67.0 g/mol. The predicted octanol–water partition coefficient (Wildman–Crippen LogP) is 0.872.